The van der Waals surface area contributed by atoms with Gasteiger partial charge in [0, 0.05) is 23.6 Å². The normalized spacial score (nSPS) is 12.6. The van der Waals surface area contributed by atoms with Gasteiger partial charge < -0.3 is 5.11 Å². The molecule has 0 bridgehead atoms. The number of benzene rings is 1. The van der Waals surface area contributed by atoms with Crippen LogP contribution in [0.2, 0.25) is 0 Å². The van der Waals surface area contributed by atoms with Crippen LogP contribution in [0.25, 0.3) is 0 Å². The summed E-state index contributed by atoms with van der Waals surface area (Å²) in [5, 5.41) is 14.8. The van der Waals surface area contributed by atoms with Crippen LogP contribution in [0.15, 0.2) is 33.6 Å². The molecule has 1 aromatic heterocycles. The van der Waals surface area contributed by atoms with Crippen molar-refractivity contribution in [3.8, 4) is 0 Å². The summed E-state index contributed by atoms with van der Waals surface area (Å²) in [5.74, 6) is 0.684. The lowest BCUT2D eigenvalue weighted by Crippen LogP contribution is -2.17. The third kappa shape index (κ3) is 4.34. The minimum Gasteiger partial charge on any atom is -0.392 e. The Labute approximate surface area is 138 Å². The van der Waals surface area contributed by atoms with E-state index in [1.165, 1.54) is 10.5 Å². The quantitative estimate of drug-likeness (QED) is 0.783. The molecule has 0 saturated heterocycles. The van der Waals surface area contributed by atoms with E-state index in [9.17, 15) is 5.11 Å². The van der Waals surface area contributed by atoms with Crippen molar-refractivity contribution in [2.24, 2.45) is 0 Å². The van der Waals surface area contributed by atoms with E-state index < -0.39 is 0 Å². The first-order valence-electron chi connectivity index (χ1n) is 7.10. The molecule has 0 fully saturated rings. The number of aliphatic hydroxyl groups is 1. The van der Waals surface area contributed by atoms with Crippen LogP contribution in [-0.2, 0) is 13.0 Å². The predicted octanol–water partition coefficient (Wildman–Crippen LogP) is 3.98. The molecular formula is C16H21BrN2OS. The molecule has 1 heterocycles. The van der Waals surface area contributed by atoms with Crippen LogP contribution < -0.4 is 0 Å². The number of aryl methyl sites for hydroxylation is 3. The van der Waals surface area contributed by atoms with Gasteiger partial charge in [0.25, 0.3) is 0 Å². The van der Waals surface area contributed by atoms with Crippen LogP contribution in [0.4, 0.5) is 0 Å². The van der Waals surface area contributed by atoms with E-state index in [2.05, 4.69) is 59.1 Å². The van der Waals surface area contributed by atoms with Gasteiger partial charge >= 0.3 is 0 Å². The van der Waals surface area contributed by atoms with E-state index in [1.807, 2.05) is 11.6 Å². The molecule has 2 rings (SSSR count). The molecule has 1 unspecified atom stereocenters. The van der Waals surface area contributed by atoms with E-state index in [1.54, 1.807) is 11.8 Å². The summed E-state index contributed by atoms with van der Waals surface area (Å²) in [6.45, 7) is 6.95. The number of halogens is 1. The molecule has 0 aliphatic rings. The first-order valence-corrected chi connectivity index (χ1v) is 8.88. The van der Waals surface area contributed by atoms with Crippen molar-refractivity contribution in [1.82, 2.24) is 9.78 Å². The van der Waals surface area contributed by atoms with Gasteiger partial charge in [-0.2, -0.15) is 5.10 Å². The van der Waals surface area contributed by atoms with Crippen molar-refractivity contribution in [2.45, 2.75) is 44.7 Å². The van der Waals surface area contributed by atoms with Crippen LogP contribution in [0.1, 0.15) is 23.9 Å². The number of aromatic nitrogens is 2. The molecule has 114 valence electrons. The number of hydrogen-bond donors (Lipinski definition) is 1. The van der Waals surface area contributed by atoms with E-state index in [0.29, 0.717) is 12.2 Å². The van der Waals surface area contributed by atoms with Gasteiger partial charge in [0.15, 0.2) is 0 Å². The van der Waals surface area contributed by atoms with Crippen molar-refractivity contribution in [3.05, 3.63) is 45.7 Å². The summed E-state index contributed by atoms with van der Waals surface area (Å²) in [6.07, 6.45) is 0.238. The summed E-state index contributed by atoms with van der Waals surface area (Å²) < 4.78 is 2.98. The number of rotatable bonds is 6. The van der Waals surface area contributed by atoms with Crippen LogP contribution in [0, 0.1) is 13.8 Å². The second-order valence-electron chi connectivity index (χ2n) is 5.15. The Morgan fingerprint density at radius 1 is 1.38 bits per heavy atom. The number of thioether (sulfide) groups is 1. The molecule has 1 N–H and O–H groups in total. The predicted molar refractivity (Wildman–Crippen MR) is 92.0 cm³/mol. The number of nitrogens with zero attached hydrogens (tertiary/aromatic N) is 2. The Kier molecular flexibility index (Phi) is 5.90. The number of aliphatic hydroxyl groups excluding tert-OH is 1. The zero-order valence-corrected chi connectivity index (χ0v) is 15.0. The van der Waals surface area contributed by atoms with Gasteiger partial charge in [-0.3, -0.25) is 4.68 Å². The molecule has 0 saturated carbocycles. The monoisotopic (exact) mass is 368 g/mol. The highest BCUT2D eigenvalue weighted by molar-refractivity contribution is 9.10. The van der Waals surface area contributed by atoms with Crippen molar-refractivity contribution in [2.75, 3.05) is 5.75 Å². The Bertz CT molecular complexity index is 612. The largest absolute Gasteiger partial charge is 0.392 e. The van der Waals surface area contributed by atoms with Gasteiger partial charge in [0.1, 0.15) is 0 Å². The van der Waals surface area contributed by atoms with E-state index in [-0.39, 0.29) is 6.10 Å². The van der Waals surface area contributed by atoms with Crippen LogP contribution in [0.5, 0.6) is 0 Å². The van der Waals surface area contributed by atoms with Crippen LogP contribution >= 0.6 is 27.7 Å². The molecular weight excluding hydrogens is 348 g/mol. The molecule has 0 radical (unpaired) electrons. The molecule has 0 spiro atoms. The fourth-order valence-corrected chi connectivity index (χ4v) is 3.64. The smallest absolute Gasteiger partial charge is 0.0738 e. The highest BCUT2D eigenvalue weighted by atomic mass is 79.9. The Morgan fingerprint density at radius 3 is 2.81 bits per heavy atom. The SMILES string of the molecule is CCn1nc(C)c(Br)c1CC(O)CSc1cccc(C)c1. The molecule has 0 amide bonds. The zero-order chi connectivity index (χ0) is 15.4. The zero-order valence-electron chi connectivity index (χ0n) is 12.6. The van der Waals surface area contributed by atoms with Gasteiger partial charge in [-0.1, -0.05) is 17.7 Å². The minimum atomic E-state index is -0.381. The van der Waals surface area contributed by atoms with Gasteiger partial charge in [0.05, 0.1) is 22.0 Å². The fraction of sp³-hybridized carbons (Fsp3) is 0.438. The van der Waals surface area contributed by atoms with E-state index in [4.69, 9.17) is 0 Å². The standard InChI is InChI=1S/C16H21BrN2OS/c1-4-19-15(16(17)12(3)18-19)9-13(20)10-21-14-7-5-6-11(2)8-14/h5-8,13,20H,4,9-10H2,1-3H3. The molecule has 3 nitrogen and oxygen atoms in total. The van der Waals surface area contributed by atoms with Gasteiger partial charge in [-0.25, -0.2) is 0 Å². The third-order valence-corrected chi connectivity index (χ3v) is 5.48. The minimum absolute atomic E-state index is 0.381. The Hall–Kier alpha value is -0.780. The van der Waals surface area contributed by atoms with Gasteiger partial charge in [0.2, 0.25) is 0 Å². The lowest BCUT2D eigenvalue weighted by Gasteiger charge is -2.12. The van der Waals surface area contributed by atoms with Crippen LogP contribution in [0.3, 0.4) is 0 Å². The summed E-state index contributed by atoms with van der Waals surface area (Å²) in [6, 6.07) is 8.37. The second-order valence-corrected chi connectivity index (χ2v) is 7.03. The maximum Gasteiger partial charge on any atom is 0.0738 e. The van der Waals surface area contributed by atoms with Gasteiger partial charge in [-0.05, 0) is 48.8 Å². The topological polar surface area (TPSA) is 38.0 Å². The Balaban J connectivity index is 1.97. The number of hydrogen-bond acceptors (Lipinski definition) is 3. The fourth-order valence-electron chi connectivity index (χ4n) is 2.24. The average molecular weight is 369 g/mol. The molecule has 1 atom stereocenters. The van der Waals surface area contributed by atoms with Crippen LogP contribution in [-0.4, -0.2) is 26.7 Å². The van der Waals surface area contributed by atoms with Crippen molar-refractivity contribution < 1.29 is 5.11 Å². The van der Waals surface area contributed by atoms with E-state index in [0.717, 1.165) is 22.4 Å². The highest BCUT2D eigenvalue weighted by Gasteiger charge is 2.16. The second kappa shape index (κ2) is 7.47. The summed E-state index contributed by atoms with van der Waals surface area (Å²) in [4.78, 5) is 1.20. The summed E-state index contributed by atoms with van der Waals surface area (Å²) in [5.41, 5.74) is 3.30. The Morgan fingerprint density at radius 2 is 2.14 bits per heavy atom. The molecule has 0 aliphatic heterocycles. The molecule has 0 aliphatic carbocycles. The van der Waals surface area contributed by atoms with Crippen molar-refractivity contribution in [1.29, 1.82) is 0 Å². The lowest BCUT2D eigenvalue weighted by atomic mass is 10.2. The molecule has 21 heavy (non-hydrogen) atoms. The molecule has 5 heteroatoms. The maximum atomic E-state index is 10.3. The lowest BCUT2D eigenvalue weighted by molar-refractivity contribution is 0.196. The highest BCUT2D eigenvalue weighted by Crippen LogP contribution is 2.25. The summed E-state index contributed by atoms with van der Waals surface area (Å²) >= 11 is 5.27. The van der Waals surface area contributed by atoms with Crippen molar-refractivity contribution >= 4 is 27.7 Å². The van der Waals surface area contributed by atoms with Gasteiger partial charge in [-0.15, -0.1) is 11.8 Å². The molecule has 1 aromatic carbocycles. The summed E-state index contributed by atoms with van der Waals surface area (Å²) in [7, 11) is 0. The maximum absolute atomic E-state index is 10.3. The molecule has 2 aromatic rings. The van der Waals surface area contributed by atoms with E-state index >= 15 is 0 Å². The first-order chi connectivity index (χ1) is 10.0. The third-order valence-electron chi connectivity index (χ3n) is 3.31. The average Bonchev–Trinajstić information content (AvgIpc) is 2.73. The first kappa shape index (κ1) is 16.6. The van der Waals surface area contributed by atoms with Crippen molar-refractivity contribution in [3.63, 3.8) is 0 Å².